The number of pyridine rings is 1. The minimum absolute atomic E-state index is 0.126. The van der Waals surface area contributed by atoms with Crippen molar-refractivity contribution in [2.75, 3.05) is 22.9 Å². The Morgan fingerprint density at radius 2 is 1.94 bits per heavy atom. The van der Waals surface area contributed by atoms with E-state index in [0.717, 1.165) is 12.8 Å². The van der Waals surface area contributed by atoms with Gasteiger partial charge in [0.25, 0.3) is 5.91 Å². The molecule has 0 fully saturated rings. The van der Waals surface area contributed by atoms with Crippen LogP contribution in [0.15, 0.2) is 30.5 Å². The van der Waals surface area contributed by atoms with Crippen LogP contribution >= 0.6 is 0 Å². The molecule has 8 heteroatoms. The fourth-order valence-corrected chi connectivity index (χ4v) is 5.13. The molecule has 5 rings (SSSR count). The molecule has 0 bridgehead atoms. The lowest BCUT2D eigenvalue weighted by molar-refractivity contribution is 0.0963. The number of carbonyl (C=O) groups excluding carboxylic acids is 1. The monoisotopic (exact) mass is 435 g/mol. The highest BCUT2D eigenvalue weighted by Crippen LogP contribution is 2.41. The van der Waals surface area contributed by atoms with Crippen LogP contribution in [0.5, 0.6) is 0 Å². The molecule has 5 N–H and O–H groups in total. The number of aromatic nitrogens is 2. The second-order valence-corrected chi connectivity index (χ2v) is 9.39. The van der Waals surface area contributed by atoms with E-state index in [1.165, 1.54) is 29.6 Å². The van der Waals surface area contributed by atoms with Crippen molar-refractivity contribution in [3.8, 4) is 11.1 Å². The lowest BCUT2D eigenvalue weighted by Crippen LogP contribution is -2.41. The Bertz CT molecular complexity index is 1260. The zero-order chi connectivity index (χ0) is 22.8. The van der Waals surface area contributed by atoms with Crippen LogP contribution in [0.25, 0.3) is 11.1 Å². The van der Waals surface area contributed by atoms with Crippen LogP contribution in [-0.2, 0) is 26.0 Å². The van der Waals surface area contributed by atoms with Crippen LogP contribution in [0.1, 0.15) is 41.2 Å². The van der Waals surface area contributed by atoms with Gasteiger partial charge in [0.2, 0.25) is 0 Å². The highest BCUT2D eigenvalue weighted by atomic mass is 19.1. The van der Waals surface area contributed by atoms with Crippen molar-refractivity contribution in [1.82, 2.24) is 9.55 Å². The molecule has 1 aliphatic carbocycles. The highest BCUT2D eigenvalue weighted by Gasteiger charge is 2.37. The Labute approximate surface area is 185 Å². The van der Waals surface area contributed by atoms with Crippen molar-refractivity contribution in [2.24, 2.45) is 5.41 Å². The number of rotatable bonds is 3. The van der Waals surface area contributed by atoms with Gasteiger partial charge >= 0.3 is 0 Å². The number of benzene rings is 1. The first kappa shape index (κ1) is 20.5. The SMILES string of the molecule is CC1(C)Cc2cc3n(c2C1)CCN(c1cc(F)cc(-c2ccnc(N)c2N)c1CO)C3=O. The average molecular weight is 436 g/mol. The van der Waals surface area contributed by atoms with E-state index in [1.54, 1.807) is 11.0 Å². The first-order chi connectivity index (χ1) is 15.2. The number of hydrogen-bond acceptors (Lipinski definition) is 5. The molecule has 0 atom stereocenters. The van der Waals surface area contributed by atoms with Gasteiger partial charge in [0.15, 0.2) is 0 Å². The molecule has 3 heterocycles. The van der Waals surface area contributed by atoms with Crippen LogP contribution in [0.3, 0.4) is 0 Å². The number of carbonyl (C=O) groups is 1. The summed E-state index contributed by atoms with van der Waals surface area (Å²) in [7, 11) is 0. The van der Waals surface area contributed by atoms with Gasteiger partial charge in [-0.25, -0.2) is 9.37 Å². The summed E-state index contributed by atoms with van der Waals surface area (Å²) in [6.45, 7) is 5.08. The van der Waals surface area contributed by atoms with Gasteiger partial charge in [-0.15, -0.1) is 0 Å². The predicted octanol–water partition coefficient (Wildman–Crippen LogP) is 3.13. The number of hydrogen-bond donors (Lipinski definition) is 3. The molecule has 0 unspecified atom stereocenters. The van der Waals surface area contributed by atoms with Gasteiger partial charge in [0.1, 0.15) is 17.3 Å². The summed E-state index contributed by atoms with van der Waals surface area (Å²) in [5.41, 5.74) is 17.0. The maximum Gasteiger partial charge on any atom is 0.274 e. The van der Waals surface area contributed by atoms with E-state index >= 15 is 0 Å². The van der Waals surface area contributed by atoms with E-state index in [2.05, 4.69) is 23.4 Å². The summed E-state index contributed by atoms with van der Waals surface area (Å²) in [4.78, 5) is 19.0. The van der Waals surface area contributed by atoms with Crippen molar-refractivity contribution < 1.29 is 14.3 Å². The number of nitrogens with two attached hydrogens (primary N) is 2. The summed E-state index contributed by atoms with van der Waals surface area (Å²) in [6, 6.07) is 6.19. The van der Waals surface area contributed by atoms with Crippen molar-refractivity contribution in [2.45, 2.75) is 39.8 Å². The number of halogens is 1. The molecule has 0 radical (unpaired) electrons. The van der Waals surface area contributed by atoms with Crippen LogP contribution in [0, 0.1) is 11.2 Å². The maximum atomic E-state index is 14.7. The van der Waals surface area contributed by atoms with E-state index in [0.29, 0.717) is 41.2 Å². The number of amides is 1. The normalized spacial score (nSPS) is 16.9. The third kappa shape index (κ3) is 3.05. The predicted molar refractivity (Wildman–Crippen MR) is 122 cm³/mol. The van der Waals surface area contributed by atoms with Crippen molar-refractivity contribution in [3.63, 3.8) is 0 Å². The van der Waals surface area contributed by atoms with Gasteiger partial charge in [0, 0.05) is 36.1 Å². The topological polar surface area (TPSA) is 110 Å². The van der Waals surface area contributed by atoms with Gasteiger partial charge in [-0.05, 0) is 53.6 Å². The van der Waals surface area contributed by atoms with E-state index in [9.17, 15) is 14.3 Å². The third-order valence-corrected chi connectivity index (χ3v) is 6.58. The van der Waals surface area contributed by atoms with Crippen molar-refractivity contribution in [1.29, 1.82) is 0 Å². The van der Waals surface area contributed by atoms with E-state index in [1.807, 2.05) is 6.07 Å². The largest absolute Gasteiger partial charge is 0.395 e. The van der Waals surface area contributed by atoms with Crippen LogP contribution in [-0.4, -0.2) is 27.1 Å². The zero-order valence-electron chi connectivity index (χ0n) is 18.2. The Hall–Kier alpha value is -3.39. The summed E-state index contributed by atoms with van der Waals surface area (Å²) in [5.74, 6) is -0.599. The first-order valence-electron chi connectivity index (χ1n) is 10.7. The van der Waals surface area contributed by atoms with E-state index in [4.69, 9.17) is 11.5 Å². The van der Waals surface area contributed by atoms with Crippen LogP contribution < -0.4 is 16.4 Å². The smallest absolute Gasteiger partial charge is 0.274 e. The fraction of sp³-hybridized carbons (Fsp3) is 0.333. The quantitative estimate of drug-likeness (QED) is 0.585. The molecular formula is C24H26FN5O2. The third-order valence-electron chi connectivity index (χ3n) is 6.58. The number of aliphatic hydroxyl groups is 1. The molecule has 2 aromatic heterocycles. The Balaban J connectivity index is 1.60. The molecule has 1 aliphatic heterocycles. The second-order valence-electron chi connectivity index (χ2n) is 9.39. The first-order valence-corrected chi connectivity index (χ1v) is 10.7. The molecule has 3 aromatic rings. The minimum atomic E-state index is -0.528. The van der Waals surface area contributed by atoms with Gasteiger partial charge in [0.05, 0.1) is 18.0 Å². The van der Waals surface area contributed by atoms with Crippen molar-refractivity contribution >= 4 is 23.1 Å². The standard InChI is InChI=1S/C24H26FN5O2/c1-24(2)10-13-7-19-23(32)30(6-5-29(19)20(13)11-24)18-9-14(25)8-16(17(18)12-31)15-3-4-28-22(27)21(15)26/h3-4,7-9,31H,5-6,10-12,26H2,1-2H3,(H2,27,28). The average Bonchev–Trinajstić information content (AvgIpc) is 3.22. The Morgan fingerprint density at radius 1 is 1.16 bits per heavy atom. The number of nitrogens with zero attached hydrogens (tertiary/aromatic N) is 3. The van der Waals surface area contributed by atoms with Crippen LogP contribution in [0.4, 0.5) is 21.6 Å². The van der Waals surface area contributed by atoms with Gasteiger partial charge in [-0.2, -0.15) is 0 Å². The maximum absolute atomic E-state index is 14.7. The molecule has 1 aromatic carbocycles. The molecule has 0 saturated heterocycles. The molecule has 0 spiro atoms. The summed E-state index contributed by atoms with van der Waals surface area (Å²) >= 11 is 0. The Kier molecular flexibility index (Phi) is 4.53. The fourth-order valence-electron chi connectivity index (χ4n) is 5.13. The molecular weight excluding hydrogens is 409 g/mol. The second kappa shape index (κ2) is 7.06. The number of fused-ring (bicyclic) bond motifs is 3. The lowest BCUT2D eigenvalue weighted by Gasteiger charge is -2.32. The molecule has 1 amide bonds. The molecule has 166 valence electrons. The highest BCUT2D eigenvalue weighted by molar-refractivity contribution is 6.07. The Morgan fingerprint density at radius 3 is 2.69 bits per heavy atom. The number of nitrogen functional groups attached to an aromatic ring is 2. The van der Waals surface area contributed by atoms with Gasteiger partial charge in [-0.3, -0.25) is 4.79 Å². The van der Waals surface area contributed by atoms with Crippen LogP contribution in [0.2, 0.25) is 0 Å². The number of aliphatic hydroxyl groups excluding tert-OH is 1. The summed E-state index contributed by atoms with van der Waals surface area (Å²) < 4.78 is 16.8. The van der Waals surface area contributed by atoms with E-state index in [-0.39, 0.29) is 29.4 Å². The summed E-state index contributed by atoms with van der Waals surface area (Å²) in [6.07, 6.45) is 3.35. The van der Waals surface area contributed by atoms with Gasteiger partial charge < -0.3 is 26.0 Å². The molecule has 7 nitrogen and oxygen atoms in total. The minimum Gasteiger partial charge on any atom is -0.395 e. The molecule has 2 aliphatic rings. The van der Waals surface area contributed by atoms with E-state index < -0.39 is 5.82 Å². The molecule has 32 heavy (non-hydrogen) atoms. The van der Waals surface area contributed by atoms with Gasteiger partial charge in [-0.1, -0.05) is 13.8 Å². The molecule has 0 saturated carbocycles. The zero-order valence-corrected chi connectivity index (χ0v) is 18.2. The number of anilines is 3. The lowest BCUT2D eigenvalue weighted by atomic mass is 9.90. The summed E-state index contributed by atoms with van der Waals surface area (Å²) in [5, 5.41) is 10.2. The van der Waals surface area contributed by atoms with Crippen molar-refractivity contribution in [3.05, 3.63) is 58.8 Å².